The van der Waals surface area contributed by atoms with E-state index >= 15 is 0 Å². The van der Waals surface area contributed by atoms with Crippen LogP contribution in [0.2, 0.25) is 0 Å². The molecule has 9 heteroatoms. The summed E-state index contributed by atoms with van der Waals surface area (Å²) in [5.41, 5.74) is 1.11. The number of hydrogen-bond acceptors (Lipinski definition) is 6. The van der Waals surface area contributed by atoms with Crippen molar-refractivity contribution in [1.29, 1.82) is 0 Å². The summed E-state index contributed by atoms with van der Waals surface area (Å²) in [7, 11) is 4.88. The minimum Gasteiger partial charge on any atom is -0.497 e. The number of hydrogen-bond donors (Lipinski definition) is 1. The van der Waals surface area contributed by atoms with Gasteiger partial charge in [0, 0.05) is 25.6 Å². The van der Waals surface area contributed by atoms with Gasteiger partial charge in [-0.05, 0) is 25.1 Å². The second-order valence-electron chi connectivity index (χ2n) is 6.40. The van der Waals surface area contributed by atoms with Crippen LogP contribution in [0, 0.1) is 0 Å². The molecule has 0 fully saturated rings. The van der Waals surface area contributed by atoms with E-state index in [4.69, 9.17) is 9.47 Å². The van der Waals surface area contributed by atoms with E-state index in [1.165, 1.54) is 21.8 Å². The molecule has 1 atom stereocenters. The van der Waals surface area contributed by atoms with Gasteiger partial charge in [0.1, 0.15) is 16.9 Å². The fourth-order valence-electron chi connectivity index (χ4n) is 3.02. The lowest BCUT2D eigenvalue weighted by molar-refractivity contribution is -0.122. The Hall–Kier alpha value is -3.36. The lowest BCUT2D eigenvalue weighted by atomic mass is 10.1. The second-order valence-corrected chi connectivity index (χ2v) is 6.40. The molecule has 3 rings (SSSR count). The largest absolute Gasteiger partial charge is 0.497 e. The first kappa shape index (κ1) is 19.4. The molecule has 0 saturated carbocycles. The Morgan fingerprint density at radius 2 is 2.07 bits per heavy atom. The Morgan fingerprint density at radius 3 is 2.79 bits per heavy atom. The van der Waals surface area contributed by atoms with Gasteiger partial charge in [0.25, 0.3) is 5.56 Å². The Kier molecular flexibility index (Phi) is 5.62. The Bertz CT molecular complexity index is 1060. The van der Waals surface area contributed by atoms with Crippen molar-refractivity contribution in [2.45, 2.75) is 25.9 Å². The molecule has 148 valence electrons. The highest BCUT2D eigenvalue weighted by Gasteiger charge is 2.16. The van der Waals surface area contributed by atoms with Crippen LogP contribution in [-0.2, 0) is 18.4 Å². The van der Waals surface area contributed by atoms with E-state index in [9.17, 15) is 9.59 Å². The molecule has 0 spiro atoms. The molecule has 0 bridgehead atoms. The maximum absolute atomic E-state index is 12.5. The van der Waals surface area contributed by atoms with Crippen molar-refractivity contribution in [3.63, 3.8) is 0 Å². The number of methoxy groups -OCH3 is 2. The van der Waals surface area contributed by atoms with E-state index in [-0.39, 0.29) is 30.5 Å². The number of nitrogens with one attached hydrogen (secondary N) is 1. The van der Waals surface area contributed by atoms with Gasteiger partial charge in [0.15, 0.2) is 5.65 Å². The normalized spacial score (nSPS) is 12.0. The monoisotopic (exact) mass is 385 g/mol. The molecular weight excluding hydrogens is 362 g/mol. The number of nitrogens with zero attached hydrogens (tertiary/aromatic N) is 4. The van der Waals surface area contributed by atoms with Crippen LogP contribution in [0.4, 0.5) is 0 Å². The number of rotatable bonds is 7. The molecule has 0 unspecified atom stereocenters. The van der Waals surface area contributed by atoms with E-state index in [2.05, 4.69) is 15.4 Å². The molecule has 28 heavy (non-hydrogen) atoms. The number of aromatic nitrogens is 4. The van der Waals surface area contributed by atoms with E-state index < -0.39 is 0 Å². The molecule has 3 aromatic rings. The van der Waals surface area contributed by atoms with Crippen molar-refractivity contribution < 1.29 is 14.3 Å². The Labute approximate surface area is 161 Å². The first-order valence-corrected chi connectivity index (χ1v) is 8.83. The third-order valence-corrected chi connectivity index (χ3v) is 4.58. The van der Waals surface area contributed by atoms with Crippen LogP contribution in [0.1, 0.15) is 24.9 Å². The van der Waals surface area contributed by atoms with E-state index in [0.29, 0.717) is 22.5 Å². The van der Waals surface area contributed by atoms with Crippen LogP contribution in [0.3, 0.4) is 0 Å². The molecule has 2 aromatic heterocycles. The van der Waals surface area contributed by atoms with Crippen molar-refractivity contribution in [3.8, 4) is 11.5 Å². The second kappa shape index (κ2) is 8.12. The van der Waals surface area contributed by atoms with Crippen LogP contribution < -0.4 is 20.3 Å². The van der Waals surface area contributed by atoms with Crippen molar-refractivity contribution in [2.75, 3.05) is 14.2 Å². The Balaban J connectivity index is 1.68. The SMILES string of the molecule is COc1ccc(OC)c([C@@H](C)NC(=O)CCn2cnc3c(cnn3C)c2=O)c1. The average Bonchev–Trinajstić information content (AvgIpc) is 3.08. The topological polar surface area (TPSA) is 100 Å². The van der Waals surface area contributed by atoms with Gasteiger partial charge in [-0.3, -0.25) is 18.8 Å². The van der Waals surface area contributed by atoms with Gasteiger partial charge in [0.2, 0.25) is 5.91 Å². The first-order chi connectivity index (χ1) is 13.4. The number of ether oxygens (including phenoxy) is 2. The van der Waals surface area contributed by atoms with Gasteiger partial charge < -0.3 is 14.8 Å². The molecule has 0 radical (unpaired) electrons. The summed E-state index contributed by atoms with van der Waals surface area (Å²) in [6.07, 6.45) is 3.07. The minimum atomic E-state index is -0.284. The van der Waals surface area contributed by atoms with Crippen LogP contribution in [0.15, 0.2) is 35.5 Å². The predicted molar refractivity (Wildman–Crippen MR) is 103 cm³/mol. The summed E-state index contributed by atoms with van der Waals surface area (Å²) in [4.78, 5) is 29.1. The number of carbonyl (C=O) groups is 1. The molecule has 1 N–H and O–H groups in total. The molecule has 1 amide bonds. The molecule has 9 nitrogen and oxygen atoms in total. The molecular formula is C19H23N5O4. The summed E-state index contributed by atoms with van der Waals surface area (Å²) in [5, 5.41) is 7.39. The van der Waals surface area contributed by atoms with Crippen LogP contribution in [0.25, 0.3) is 11.0 Å². The van der Waals surface area contributed by atoms with Crippen LogP contribution in [-0.4, -0.2) is 39.5 Å². The summed E-state index contributed by atoms with van der Waals surface area (Å²) in [6.45, 7) is 2.09. The fourth-order valence-corrected chi connectivity index (χ4v) is 3.02. The summed E-state index contributed by atoms with van der Waals surface area (Å²) in [6, 6.07) is 5.14. The predicted octanol–water partition coefficient (Wildman–Crippen LogP) is 1.41. The zero-order valence-corrected chi connectivity index (χ0v) is 16.3. The van der Waals surface area contributed by atoms with Crippen molar-refractivity contribution in [2.24, 2.45) is 7.05 Å². The van der Waals surface area contributed by atoms with Crippen molar-refractivity contribution in [3.05, 3.63) is 46.6 Å². The highest BCUT2D eigenvalue weighted by atomic mass is 16.5. The van der Waals surface area contributed by atoms with Crippen LogP contribution >= 0.6 is 0 Å². The molecule has 2 heterocycles. The number of amides is 1. The minimum absolute atomic E-state index is 0.143. The average molecular weight is 385 g/mol. The number of fused-ring (bicyclic) bond motifs is 1. The van der Waals surface area contributed by atoms with Gasteiger partial charge >= 0.3 is 0 Å². The third-order valence-electron chi connectivity index (χ3n) is 4.58. The summed E-state index contributed by atoms with van der Waals surface area (Å²) < 4.78 is 13.6. The standard InChI is InChI=1S/C19H23N5O4/c1-12(14-9-13(27-3)5-6-16(14)28-4)22-17(25)7-8-24-11-20-18-15(19(24)26)10-21-23(18)2/h5-6,9-12H,7-8H2,1-4H3,(H,22,25)/t12-/m1/s1. The molecule has 1 aromatic carbocycles. The van der Waals surface area contributed by atoms with Crippen molar-refractivity contribution in [1.82, 2.24) is 24.6 Å². The smallest absolute Gasteiger partial charge is 0.264 e. The van der Waals surface area contributed by atoms with Crippen LogP contribution in [0.5, 0.6) is 11.5 Å². The molecule has 0 saturated heterocycles. The molecule has 0 aliphatic rings. The number of carbonyl (C=O) groups excluding carboxylic acids is 1. The van der Waals surface area contributed by atoms with E-state index in [1.54, 1.807) is 33.4 Å². The van der Waals surface area contributed by atoms with Gasteiger partial charge in [-0.15, -0.1) is 0 Å². The molecule has 0 aliphatic carbocycles. The maximum atomic E-state index is 12.5. The zero-order valence-electron chi connectivity index (χ0n) is 16.3. The quantitative estimate of drug-likeness (QED) is 0.660. The maximum Gasteiger partial charge on any atom is 0.264 e. The highest BCUT2D eigenvalue weighted by Crippen LogP contribution is 2.29. The van der Waals surface area contributed by atoms with Gasteiger partial charge in [-0.1, -0.05) is 0 Å². The van der Waals surface area contributed by atoms with E-state index in [0.717, 1.165) is 5.56 Å². The van der Waals surface area contributed by atoms with Crippen molar-refractivity contribution >= 4 is 16.9 Å². The summed E-state index contributed by atoms with van der Waals surface area (Å²) >= 11 is 0. The number of benzene rings is 1. The van der Waals surface area contributed by atoms with E-state index in [1.807, 2.05) is 13.0 Å². The highest BCUT2D eigenvalue weighted by molar-refractivity contribution is 5.76. The van der Waals surface area contributed by atoms with Gasteiger partial charge in [-0.2, -0.15) is 5.10 Å². The first-order valence-electron chi connectivity index (χ1n) is 8.83. The van der Waals surface area contributed by atoms with Gasteiger partial charge in [-0.25, -0.2) is 4.98 Å². The zero-order chi connectivity index (χ0) is 20.3. The Morgan fingerprint density at radius 1 is 1.29 bits per heavy atom. The van der Waals surface area contributed by atoms with Gasteiger partial charge in [0.05, 0.1) is 32.8 Å². The lowest BCUT2D eigenvalue weighted by Gasteiger charge is -2.18. The third kappa shape index (κ3) is 3.83. The fraction of sp³-hybridized carbons (Fsp3) is 0.368. The summed E-state index contributed by atoms with van der Waals surface area (Å²) in [5.74, 6) is 1.16. The number of aryl methyl sites for hydroxylation is 2. The molecule has 0 aliphatic heterocycles. The lowest BCUT2D eigenvalue weighted by Crippen LogP contribution is -2.29.